The smallest absolute Gasteiger partial charge is 0.358 e. The van der Waals surface area contributed by atoms with Crippen molar-refractivity contribution in [3.8, 4) is 0 Å². The van der Waals surface area contributed by atoms with Crippen LogP contribution in [0.4, 0.5) is 5.69 Å². The lowest BCUT2D eigenvalue weighted by atomic mass is 10.4. The maximum absolute atomic E-state index is 11.7. The first kappa shape index (κ1) is 17.4. The number of anilines is 1. The molecule has 23 heavy (non-hydrogen) atoms. The summed E-state index contributed by atoms with van der Waals surface area (Å²) in [4.78, 5) is 15.7. The Hall–Kier alpha value is -1.98. The van der Waals surface area contributed by atoms with Crippen molar-refractivity contribution in [2.24, 2.45) is 0 Å². The van der Waals surface area contributed by atoms with Gasteiger partial charge in [-0.15, -0.1) is 0 Å². The van der Waals surface area contributed by atoms with Gasteiger partial charge in [0.2, 0.25) is 0 Å². The zero-order valence-corrected chi connectivity index (χ0v) is 14.0. The minimum absolute atomic E-state index is 0.0868. The predicted molar refractivity (Wildman–Crippen MR) is 84.1 cm³/mol. The number of rotatable bonds is 6. The van der Waals surface area contributed by atoms with E-state index in [-0.39, 0.29) is 18.0 Å². The SMILES string of the molecule is CCOC(=O)c1cn2cc(N(CS(C)(=O)=O)S(=O)O)ccc2n1. The fraction of sp³-hybridized carbons (Fsp3) is 0.333. The van der Waals surface area contributed by atoms with Gasteiger partial charge in [-0.3, -0.25) is 8.86 Å². The Morgan fingerprint density at radius 1 is 1.43 bits per heavy atom. The molecular formula is C12H15N3O6S2. The third-order valence-corrected chi connectivity index (χ3v) is 4.36. The molecule has 0 radical (unpaired) electrons. The number of sulfone groups is 1. The van der Waals surface area contributed by atoms with Crippen LogP contribution in [0, 0.1) is 0 Å². The molecule has 0 aromatic carbocycles. The number of hydrogen-bond donors (Lipinski definition) is 1. The third kappa shape index (κ3) is 4.27. The summed E-state index contributed by atoms with van der Waals surface area (Å²) in [5.41, 5.74) is 0.695. The molecule has 2 rings (SSSR count). The first-order valence-corrected chi connectivity index (χ1v) is 9.56. The summed E-state index contributed by atoms with van der Waals surface area (Å²) >= 11 is -2.52. The monoisotopic (exact) mass is 361 g/mol. The number of hydrogen-bond acceptors (Lipinski definition) is 6. The van der Waals surface area contributed by atoms with Crippen molar-refractivity contribution in [1.82, 2.24) is 9.38 Å². The van der Waals surface area contributed by atoms with Crippen molar-refractivity contribution in [1.29, 1.82) is 0 Å². The molecule has 1 atom stereocenters. The van der Waals surface area contributed by atoms with Crippen molar-refractivity contribution >= 4 is 38.4 Å². The second-order valence-corrected chi connectivity index (χ2v) is 7.68. The molecule has 0 saturated heterocycles. The van der Waals surface area contributed by atoms with Crippen molar-refractivity contribution < 1.29 is 26.7 Å². The van der Waals surface area contributed by atoms with E-state index < -0.39 is 32.9 Å². The average molecular weight is 361 g/mol. The first-order chi connectivity index (χ1) is 10.7. The normalized spacial score (nSPS) is 13.0. The van der Waals surface area contributed by atoms with Crippen LogP contribution in [-0.2, 0) is 25.8 Å². The lowest BCUT2D eigenvalue weighted by Gasteiger charge is -2.18. The van der Waals surface area contributed by atoms with Crippen molar-refractivity contribution in [3.63, 3.8) is 0 Å². The van der Waals surface area contributed by atoms with Crippen LogP contribution in [0.15, 0.2) is 24.5 Å². The molecular weight excluding hydrogens is 346 g/mol. The molecule has 11 heteroatoms. The average Bonchev–Trinajstić information content (AvgIpc) is 2.86. The summed E-state index contributed by atoms with van der Waals surface area (Å²) in [6, 6.07) is 2.94. The van der Waals surface area contributed by atoms with Gasteiger partial charge >= 0.3 is 5.97 Å². The molecule has 0 spiro atoms. The van der Waals surface area contributed by atoms with Gasteiger partial charge in [-0.2, -0.15) is 0 Å². The molecule has 0 fully saturated rings. The highest BCUT2D eigenvalue weighted by Gasteiger charge is 2.19. The minimum Gasteiger partial charge on any atom is -0.461 e. The summed E-state index contributed by atoms with van der Waals surface area (Å²) in [5.74, 6) is -1.21. The van der Waals surface area contributed by atoms with Gasteiger partial charge in [-0.1, -0.05) is 0 Å². The second-order valence-electron chi connectivity index (χ2n) is 4.66. The fourth-order valence-electron chi connectivity index (χ4n) is 1.85. The molecule has 0 aliphatic heterocycles. The number of pyridine rings is 1. The topological polar surface area (TPSA) is 118 Å². The van der Waals surface area contributed by atoms with Gasteiger partial charge in [0.1, 0.15) is 11.5 Å². The maximum atomic E-state index is 11.7. The largest absolute Gasteiger partial charge is 0.461 e. The number of carbonyl (C=O) groups is 1. The lowest BCUT2D eigenvalue weighted by Crippen LogP contribution is -2.31. The van der Waals surface area contributed by atoms with Crippen LogP contribution in [0.25, 0.3) is 5.65 Å². The van der Waals surface area contributed by atoms with E-state index in [0.29, 0.717) is 5.65 Å². The number of aromatic nitrogens is 2. The van der Waals surface area contributed by atoms with Gasteiger partial charge in [-0.05, 0) is 19.1 Å². The van der Waals surface area contributed by atoms with Crippen LogP contribution in [0.5, 0.6) is 0 Å². The molecule has 9 nitrogen and oxygen atoms in total. The highest BCUT2D eigenvalue weighted by Crippen LogP contribution is 2.18. The van der Waals surface area contributed by atoms with Gasteiger partial charge in [0.05, 0.1) is 12.3 Å². The summed E-state index contributed by atoms with van der Waals surface area (Å²) < 4.78 is 50.5. The van der Waals surface area contributed by atoms with Crippen LogP contribution in [0.3, 0.4) is 0 Å². The Labute approximate surface area is 135 Å². The number of esters is 1. The van der Waals surface area contributed by atoms with Crippen LogP contribution in [0.2, 0.25) is 0 Å². The standard InChI is InChI=1S/C12H15N3O6S2/c1-3-21-12(16)10-7-14-6-9(4-5-11(14)13-10)15(22(17)18)8-23(2,19)20/h4-7H,3,8H2,1-2H3,(H,17,18). The van der Waals surface area contributed by atoms with Gasteiger partial charge < -0.3 is 9.14 Å². The van der Waals surface area contributed by atoms with E-state index in [9.17, 15) is 22.0 Å². The third-order valence-electron chi connectivity index (χ3n) is 2.75. The Balaban J connectivity index is 2.42. The summed E-state index contributed by atoms with van der Waals surface area (Å²) in [6.07, 6.45) is 3.77. The van der Waals surface area contributed by atoms with E-state index in [1.807, 2.05) is 0 Å². The highest BCUT2D eigenvalue weighted by atomic mass is 32.2. The molecule has 2 heterocycles. The lowest BCUT2D eigenvalue weighted by molar-refractivity contribution is 0.0520. The summed E-state index contributed by atoms with van der Waals surface area (Å²) in [7, 11) is -3.51. The molecule has 1 N–H and O–H groups in total. The van der Waals surface area contributed by atoms with Gasteiger partial charge in [0.25, 0.3) is 11.3 Å². The molecule has 2 aromatic rings. The molecule has 0 aliphatic carbocycles. The molecule has 2 aromatic heterocycles. The van der Waals surface area contributed by atoms with Crippen molar-refractivity contribution in [2.75, 3.05) is 23.0 Å². The minimum atomic E-state index is -3.51. The summed E-state index contributed by atoms with van der Waals surface area (Å²) in [5, 5.41) is 0. The number of imidazole rings is 1. The zero-order valence-electron chi connectivity index (χ0n) is 12.4. The number of carbonyl (C=O) groups excluding carboxylic acids is 1. The molecule has 126 valence electrons. The van der Waals surface area contributed by atoms with E-state index in [1.165, 1.54) is 28.9 Å². The fourth-order valence-corrected chi connectivity index (χ4v) is 3.65. The Morgan fingerprint density at radius 2 is 2.13 bits per heavy atom. The predicted octanol–water partition coefficient (Wildman–Crippen LogP) is 0.456. The molecule has 1 unspecified atom stereocenters. The van der Waals surface area contributed by atoms with Crippen LogP contribution < -0.4 is 4.31 Å². The van der Waals surface area contributed by atoms with E-state index in [1.54, 1.807) is 6.92 Å². The Morgan fingerprint density at radius 3 is 2.70 bits per heavy atom. The first-order valence-electron chi connectivity index (χ1n) is 6.43. The van der Waals surface area contributed by atoms with E-state index >= 15 is 0 Å². The van der Waals surface area contributed by atoms with E-state index in [4.69, 9.17) is 4.74 Å². The van der Waals surface area contributed by atoms with E-state index in [2.05, 4.69) is 4.98 Å². The Bertz CT molecular complexity index is 861. The molecule has 0 bridgehead atoms. The van der Waals surface area contributed by atoms with Gasteiger partial charge in [0.15, 0.2) is 15.5 Å². The zero-order chi connectivity index (χ0) is 17.2. The van der Waals surface area contributed by atoms with Crippen molar-refractivity contribution in [2.45, 2.75) is 6.92 Å². The van der Waals surface area contributed by atoms with Crippen LogP contribution in [0.1, 0.15) is 17.4 Å². The van der Waals surface area contributed by atoms with Crippen LogP contribution >= 0.6 is 0 Å². The summed E-state index contributed by atoms with van der Waals surface area (Å²) in [6.45, 7) is 1.88. The van der Waals surface area contributed by atoms with E-state index in [0.717, 1.165) is 10.6 Å². The van der Waals surface area contributed by atoms with Crippen molar-refractivity contribution in [3.05, 3.63) is 30.2 Å². The maximum Gasteiger partial charge on any atom is 0.358 e. The number of fused-ring (bicyclic) bond motifs is 1. The highest BCUT2D eigenvalue weighted by molar-refractivity contribution is 7.92. The van der Waals surface area contributed by atoms with Gasteiger partial charge in [-0.25, -0.2) is 22.4 Å². The molecule has 0 saturated carbocycles. The molecule has 0 aliphatic rings. The Kier molecular flexibility index (Phi) is 5.02. The molecule has 0 amide bonds. The second kappa shape index (κ2) is 6.64. The number of ether oxygens (including phenoxy) is 1. The number of nitrogens with zero attached hydrogens (tertiary/aromatic N) is 3. The van der Waals surface area contributed by atoms with Gasteiger partial charge in [0, 0.05) is 18.6 Å². The quantitative estimate of drug-likeness (QED) is 0.586. The van der Waals surface area contributed by atoms with Crippen LogP contribution in [-0.4, -0.2) is 51.3 Å².